The van der Waals surface area contributed by atoms with E-state index in [0.717, 1.165) is 21.9 Å². The van der Waals surface area contributed by atoms with Crippen LogP contribution in [0.2, 0.25) is 0 Å². The fourth-order valence-corrected chi connectivity index (χ4v) is 2.15. The quantitative estimate of drug-likeness (QED) is 0.882. The first-order chi connectivity index (χ1) is 8.42. The number of alkyl halides is 2. The molecule has 0 spiro atoms. The fraction of sp³-hybridized carbons (Fsp3) is 0.333. The zero-order valence-electron chi connectivity index (χ0n) is 10.6. The van der Waals surface area contributed by atoms with E-state index >= 15 is 0 Å². The number of fused-ring (bicyclic) bond motifs is 1. The third kappa shape index (κ3) is 2.36. The van der Waals surface area contributed by atoms with Crippen molar-refractivity contribution in [3.05, 3.63) is 47.5 Å². The normalized spacial score (nSPS) is 15.0. The molecule has 2 aromatic rings. The maximum atomic E-state index is 12.9. The molecule has 0 bridgehead atoms. The van der Waals surface area contributed by atoms with E-state index in [-0.39, 0.29) is 6.42 Å². The van der Waals surface area contributed by atoms with Crippen molar-refractivity contribution in [2.45, 2.75) is 32.2 Å². The summed E-state index contributed by atoms with van der Waals surface area (Å²) in [5.74, 6) is 0. The second-order valence-electron chi connectivity index (χ2n) is 5.07. The summed E-state index contributed by atoms with van der Waals surface area (Å²) in [6.45, 7) is 3.41. The van der Waals surface area contributed by atoms with Gasteiger partial charge in [0.25, 0.3) is 6.43 Å². The second-order valence-corrected chi connectivity index (χ2v) is 5.07. The van der Waals surface area contributed by atoms with Gasteiger partial charge < -0.3 is 5.73 Å². The molecule has 0 radical (unpaired) electrons. The van der Waals surface area contributed by atoms with Gasteiger partial charge in [-0.3, -0.25) is 0 Å². The van der Waals surface area contributed by atoms with Crippen molar-refractivity contribution in [2.75, 3.05) is 0 Å². The number of benzene rings is 2. The minimum atomic E-state index is -2.53. The fourth-order valence-electron chi connectivity index (χ4n) is 2.15. The van der Waals surface area contributed by atoms with Gasteiger partial charge in [-0.05, 0) is 42.2 Å². The van der Waals surface area contributed by atoms with Gasteiger partial charge in [0.1, 0.15) is 0 Å². The van der Waals surface area contributed by atoms with E-state index in [0.29, 0.717) is 0 Å². The topological polar surface area (TPSA) is 26.0 Å². The molecule has 0 aromatic heterocycles. The van der Waals surface area contributed by atoms with E-state index in [2.05, 4.69) is 0 Å². The first-order valence-corrected chi connectivity index (χ1v) is 5.96. The summed E-state index contributed by atoms with van der Waals surface area (Å²) in [5, 5.41) is 2.11. The highest BCUT2D eigenvalue weighted by molar-refractivity contribution is 5.88. The SMILES string of the molecule is Cc1ccc(CC(C)(N)C(F)F)c2ccccc12. The molecule has 0 saturated heterocycles. The predicted molar refractivity (Wildman–Crippen MR) is 71.0 cm³/mol. The third-order valence-electron chi connectivity index (χ3n) is 3.30. The number of aryl methyl sites for hydroxylation is 1. The van der Waals surface area contributed by atoms with Gasteiger partial charge in [-0.25, -0.2) is 8.78 Å². The molecule has 0 saturated carbocycles. The van der Waals surface area contributed by atoms with Crippen LogP contribution in [0.15, 0.2) is 36.4 Å². The van der Waals surface area contributed by atoms with Crippen molar-refractivity contribution in [1.29, 1.82) is 0 Å². The van der Waals surface area contributed by atoms with E-state index in [1.165, 1.54) is 6.92 Å². The number of hydrogen-bond donors (Lipinski definition) is 1. The summed E-state index contributed by atoms with van der Waals surface area (Å²) in [6.07, 6.45) is -2.36. The Morgan fingerprint density at radius 3 is 2.33 bits per heavy atom. The molecular formula is C15H17F2N. The van der Waals surface area contributed by atoms with Gasteiger partial charge in [0, 0.05) is 0 Å². The molecule has 0 aliphatic rings. The van der Waals surface area contributed by atoms with Gasteiger partial charge >= 0.3 is 0 Å². The summed E-state index contributed by atoms with van der Waals surface area (Å²) in [5.41, 5.74) is 6.20. The highest BCUT2D eigenvalue weighted by atomic mass is 19.3. The summed E-state index contributed by atoms with van der Waals surface area (Å²) in [7, 11) is 0. The Kier molecular flexibility index (Phi) is 3.35. The first-order valence-electron chi connectivity index (χ1n) is 5.96. The molecule has 1 unspecified atom stereocenters. The Morgan fingerprint density at radius 1 is 1.11 bits per heavy atom. The van der Waals surface area contributed by atoms with Gasteiger partial charge in [0.2, 0.25) is 0 Å². The van der Waals surface area contributed by atoms with E-state index in [9.17, 15) is 8.78 Å². The molecule has 2 aromatic carbocycles. The maximum absolute atomic E-state index is 12.9. The Labute approximate surface area is 106 Å². The third-order valence-corrected chi connectivity index (χ3v) is 3.30. The molecular weight excluding hydrogens is 232 g/mol. The van der Waals surface area contributed by atoms with Crippen LogP contribution in [-0.4, -0.2) is 12.0 Å². The monoisotopic (exact) mass is 249 g/mol. The van der Waals surface area contributed by atoms with Gasteiger partial charge in [-0.15, -0.1) is 0 Å². The Bertz CT molecular complexity index is 561. The second kappa shape index (κ2) is 4.65. The van der Waals surface area contributed by atoms with Crippen molar-refractivity contribution in [3.63, 3.8) is 0 Å². The standard InChI is InChI=1S/C15H17F2N/c1-10-7-8-11(9-15(2,18)14(16)17)13-6-4-3-5-12(10)13/h3-8,14H,9,18H2,1-2H3. The lowest BCUT2D eigenvalue weighted by Crippen LogP contribution is -2.45. The molecule has 2 N–H and O–H groups in total. The van der Waals surface area contributed by atoms with Crippen molar-refractivity contribution in [3.8, 4) is 0 Å². The predicted octanol–water partition coefficient (Wildman–Crippen LogP) is 3.67. The van der Waals surface area contributed by atoms with E-state index in [1.54, 1.807) is 0 Å². The Hall–Kier alpha value is -1.48. The zero-order chi connectivity index (χ0) is 13.3. The molecule has 3 heteroatoms. The number of rotatable bonds is 3. The summed E-state index contributed by atoms with van der Waals surface area (Å²) < 4.78 is 25.7. The molecule has 0 aliphatic heterocycles. The first kappa shape index (κ1) is 13.0. The molecule has 0 aliphatic carbocycles. The van der Waals surface area contributed by atoms with Crippen molar-refractivity contribution in [1.82, 2.24) is 0 Å². The van der Waals surface area contributed by atoms with Crippen molar-refractivity contribution >= 4 is 10.8 Å². The van der Waals surface area contributed by atoms with E-state index in [4.69, 9.17) is 5.73 Å². The van der Waals surface area contributed by atoms with Crippen LogP contribution in [0.4, 0.5) is 8.78 Å². The van der Waals surface area contributed by atoms with Crippen LogP contribution in [0.1, 0.15) is 18.1 Å². The van der Waals surface area contributed by atoms with E-state index in [1.807, 2.05) is 43.3 Å². The van der Waals surface area contributed by atoms with Crippen LogP contribution >= 0.6 is 0 Å². The minimum Gasteiger partial charge on any atom is -0.320 e. The summed E-state index contributed by atoms with van der Waals surface area (Å²) in [6, 6.07) is 11.7. The molecule has 96 valence electrons. The van der Waals surface area contributed by atoms with Crippen LogP contribution < -0.4 is 5.73 Å². The van der Waals surface area contributed by atoms with Crippen LogP contribution in [0, 0.1) is 6.92 Å². The lowest BCUT2D eigenvalue weighted by molar-refractivity contribution is 0.0641. The van der Waals surface area contributed by atoms with Crippen LogP contribution in [-0.2, 0) is 6.42 Å². The van der Waals surface area contributed by atoms with Gasteiger partial charge in [-0.2, -0.15) is 0 Å². The molecule has 0 fully saturated rings. The lowest BCUT2D eigenvalue weighted by atomic mass is 9.90. The van der Waals surface area contributed by atoms with Crippen molar-refractivity contribution in [2.24, 2.45) is 5.73 Å². The van der Waals surface area contributed by atoms with E-state index < -0.39 is 12.0 Å². The highest BCUT2D eigenvalue weighted by Crippen LogP contribution is 2.26. The van der Waals surface area contributed by atoms with Crippen LogP contribution in [0.3, 0.4) is 0 Å². The summed E-state index contributed by atoms with van der Waals surface area (Å²) >= 11 is 0. The zero-order valence-corrected chi connectivity index (χ0v) is 10.6. The average Bonchev–Trinajstić information content (AvgIpc) is 2.33. The van der Waals surface area contributed by atoms with Gasteiger partial charge in [0.15, 0.2) is 0 Å². The molecule has 0 amide bonds. The van der Waals surface area contributed by atoms with Crippen molar-refractivity contribution < 1.29 is 8.78 Å². The minimum absolute atomic E-state index is 0.172. The Balaban J connectivity index is 2.50. The maximum Gasteiger partial charge on any atom is 0.256 e. The molecule has 0 heterocycles. The molecule has 2 rings (SSSR count). The number of nitrogens with two attached hydrogens (primary N) is 1. The van der Waals surface area contributed by atoms with Crippen LogP contribution in [0.25, 0.3) is 10.8 Å². The highest BCUT2D eigenvalue weighted by Gasteiger charge is 2.30. The van der Waals surface area contributed by atoms with Crippen LogP contribution in [0.5, 0.6) is 0 Å². The number of halogens is 2. The average molecular weight is 249 g/mol. The van der Waals surface area contributed by atoms with Gasteiger partial charge in [-0.1, -0.05) is 36.4 Å². The van der Waals surface area contributed by atoms with Gasteiger partial charge in [0.05, 0.1) is 5.54 Å². The Morgan fingerprint density at radius 2 is 1.72 bits per heavy atom. The summed E-state index contributed by atoms with van der Waals surface area (Å²) in [4.78, 5) is 0. The molecule has 1 nitrogen and oxygen atoms in total. The largest absolute Gasteiger partial charge is 0.320 e. The number of hydrogen-bond acceptors (Lipinski definition) is 1. The lowest BCUT2D eigenvalue weighted by Gasteiger charge is -2.24. The molecule has 18 heavy (non-hydrogen) atoms. The molecule has 1 atom stereocenters. The smallest absolute Gasteiger partial charge is 0.256 e.